The minimum absolute atomic E-state index is 0.396. The van der Waals surface area contributed by atoms with Crippen LogP contribution in [0.15, 0.2) is 24.3 Å². The largest absolute Gasteiger partial charge is 0.541 e. The van der Waals surface area contributed by atoms with E-state index in [0.717, 1.165) is 6.42 Å². The van der Waals surface area contributed by atoms with Crippen molar-refractivity contribution in [1.29, 1.82) is 0 Å². The van der Waals surface area contributed by atoms with Gasteiger partial charge in [-0.05, 0) is 37.1 Å². The fourth-order valence-corrected chi connectivity index (χ4v) is 3.53. The van der Waals surface area contributed by atoms with Gasteiger partial charge in [0.2, 0.25) is 0 Å². The van der Waals surface area contributed by atoms with Crippen molar-refractivity contribution in [2.75, 3.05) is 0 Å². The molecule has 0 aliphatic carbocycles. The smallest absolute Gasteiger partial charge is 0.488 e. The van der Waals surface area contributed by atoms with Crippen LogP contribution in [0, 0.1) is 0 Å². The first-order valence-electron chi connectivity index (χ1n) is 6.16. The minimum atomic E-state index is -2.40. The predicted octanol–water partition coefficient (Wildman–Crippen LogP) is 1.63. The number of halogens is 1. The van der Waals surface area contributed by atoms with Crippen molar-refractivity contribution < 1.29 is 18.9 Å². The van der Waals surface area contributed by atoms with Crippen molar-refractivity contribution in [2.24, 2.45) is 0 Å². The molecule has 0 saturated carbocycles. The van der Waals surface area contributed by atoms with Gasteiger partial charge in [-0.1, -0.05) is 25.5 Å². The summed E-state index contributed by atoms with van der Waals surface area (Å²) < 4.78 is 19.7. The minimum Gasteiger partial charge on any atom is -0.541 e. The van der Waals surface area contributed by atoms with E-state index in [9.17, 15) is 4.39 Å². The summed E-state index contributed by atoms with van der Waals surface area (Å²) in [7, 11) is -3.89. The number of rotatable bonds is 6. The molecule has 1 aromatic carbocycles. The van der Waals surface area contributed by atoms with Gasteiger partial charge < -0.3 is 14.5 Å². The average Bonchev–Trinajstić information content (AvgIpc) is 2.29. The Labute approximate surface area is 109 Å². The Bertz CT molecular complexity index is 370. The number of hydrogen-bond donors (Lipinski definition) is 2. The third-order valence-electron chi connectivity index (χ3n) is 2.86. The van der Waals surface area contributed by atoms with E-state index in [-0.39, 0.29) is 0 Å². The third kappa shape index (κ3) is 4.12. The molecule has 18 heavy (non-hydrogen) atoms. The molecular formula is C12H20BFO3Si. The molecular weight excluding hydrogens is 250 g/mol. The average molecular weight is 270 g/mol. The first-order valence-corrected chi connectivity index (χ1v) is 9.14. The lowest BCUT2D eigenvalue weighted by Gasteiger charge is -2.27. The molecule has 100 valence electrons. The highest BCUT2D eigenvalue weighted by Gasteiger charge is 2.35. The van der Waals surface area contributed by atoms with Gasteiger partial charge in [0.05, 0.1) is 0 Å². The second kappa shape index (κ2) is 6.36. The molecule has 3 nitrogen and oxygen atoms in total. The lowest BCUT2D eigenvalue weighted by molar-refractivity contribution is 0.357. The highest BCUT2D eigenvalue weighted by atomic mass is 28.4. The van der Waals surface area contributed by atoms with E-state index < -0.39 is 21.2 Å². The number of hydrogen-bond acceptors (Lipinski definition) is 3. The number of benzene rings is 1. The summed E-state index contributed by atoms with van der Waals surface area (Å²) in [5.41, 5.74) is 0.396. The lowest BCUT2D eigenvalue weighted by Crippen LogP contribution is -2.45. The molecule has 1 aromatic rings. The maximum atomic E-state index is 13.9. The van der Waals surface area contributed by atoms with Gasteiger partial charge in [-0.15, -0.1) is 0 Å². The zero-order valence-electron chi connectivity index (χ0n) is 11.1. The molecule has 0 aliphatic rings. The third-order valence-corrected chi connectivity index (χ3v) is 5.41. The Morgan fingerprint density at radius 2 is 1.83 bits per heavy atom. The maximum Gasteiger partial charge on any atom is 0.488 e. The summed E-state index contributed by atoms with van der Waals surface area (Å²) in [4.78, 5) is 0. The van der Waals surface area contributed by atoms with Crippen LogP contribution in [0.4, 0.5) is 4.39 Å². The van der Waals surface area contributed by atoms with Crippen LogP contribution in [-0.4, -0.2) is 31.3 Å². The van der Waals surface area contributed by atoms with Crippen molar-refractivity contribution in [2.45, 2.75) is 38.7 Å². The van der Waals surface area contributed by atoms with Crippen LogP contribution in [0.2, 0.25) is 13.1 Å². The second-order valence-electron chi connectivity index (χ2n) is 4.90. The summed E-state index contributed by atoms with van der Waals surface area (Å²) in [6, 6.07) is 6.42. The summed E-state index contributed by atoms with van der Waals surface area (Å²) in [6.45, 7) is 5.65. The molecule has 0 aliphatic heterocycles. The molecule has 0 heterocycles. The highest BCUT2D eigenvalue weighted by Crippen LogP contribution is 2.22. The van der Waals surface area contributed by atoms with Crippen LogP contribution in [0.1, 0.15) is 19.8 Å². The molecule has 2 N–H and O–H groups in total. The molecule has 0 radical (unpaired) electrons. The molecule has 0 fully saturated rings. The molecule has 1 rings (SSSR count). The Balaban J connectivity index is 2.71. The van der Waals surface area contributed by atoms with Crippen LogP contribution in [0.5, 0.6) is 5.75 Å². The van der Waals surface area contributed by atoms with E-state index >= 15 is 0 Å². The van der Waals surface area contributed by atoms with Crippen molar-refractivity contribution in [1.82, 2.24) is 0 Å². The number of alkyl halides is 1. The van der Waals surface area contributed by atoms with Gasteiger partial charge in [-0.3, -0.25) is 0 Å². The van der Waals surface area contributed by atoms with E-state index in [1.807, 2.05) is 20.0 Å². The first-order chi connectivity index (χ1) is 8.36. The van der Waals surface area contributed by atoms with E-state index in [1.54, 1.807) is 24.3 Å². The summed E-state index contributed by atoms with van der Waals surface area (Å²) in [5.74, 6) is -0.319. The Morgan fingerprint density at radius 1 is 1.28 bits per heavy atom. The van der Waals surface area contributed by atoms with Crippen molar-refractivity contribution >= 4 is 20.9 Å². The molecule has 0 aromatic heterocycles. The normalized spacial score (nSPS) is 13.2. The van der Waals surface area contributed by atoms with Crippen LogP contribution in [0.25, 0.3) is 0 Å². The topological polar surface area (TPSA) is 49.7 Å². The van der Waals surface area contributed by atoms with Gasteiger partial charge >= 0.3 is 7.12 Å². The fraction of sp³-hybridized carbons (Fsp3) is 0.500. The Morgan fingerprint density at radius 3 is 2.28 bits per heavy atom. The van der Waals surface area contributed by atoms with E-state index in [2.05, 4.69) is 0 Å². The van der Waals surface area contributed by atoms with Gasteiger partial charge in [0.15, 0.2) is 0 Å². The molecule has 0 saturated heterocycles. The molecule has 1 unspecified atom stereocenters. The first kappa shape index (κ1) is 15.2. The van der Waals surface area contributed by atoms with E-state index in [1.165, 1.54) is 0 Å². The van der Waals surface area contributed by atoms with E-state index in [4.69, 9.17) is 14.5 Å². The highest BCUT2D eigenvalue weighted by molar-refractivity contribution is 6.73. The van der Waals surface area contributed by atoms with Gasteiger partial charge in [-0.2, -0.15) is 0 Å². The van der Waals surface area contributed by atoms with Crippen LogP contribution in [0.3, 0.4) is 0 Å². The molecule has 0 bridgehead atoms. The Kier molecular flexibility index (Phi) is 5.37. The van der Waals surface area contributed by atoms with Gasteiger partial charge in [-0.25, -0.2) is 4.39 Å². The summed E-state index contributed by atoms with van der Waals surface area (Å²) in [6.07, 6.45) is 1.32. The zero-order valence-corrected chi connectivity index (χ0v) is 12.1. The van der Waals surface area contributed by atoms with Gasteiger partial charge in [0.1, 0.15) is 11.5 Å². The standard InChI is InChI=1S/C12H20BFO3Si/c1-4-5-12(14)18(2,3)17-11-8-6-10(7-9-11)13(15)16/h6-9,12,15-16H,4-5H2,1-3H3. The lowest BCUT2D eigenvalue weighted by atomic mass is 9.80. The maximum absolute atomic E-state index is 13.9. The van der Waals surface area contributed by atoms with Crippen molar-refractivity contribution in [3.05, 3.63) is 24.3 Å². The molecule has 1 atom stereocenters. The monoisotopic (exact) mass is 270 g/mol. The van der Waals surface area contributed by atoms with E-state index in [0.29, 0.717) is 17.6 Å². The zero-order chi connectivity index (χ0) is 13.8. The van der Waals surface area contributed by atoms with Crippen molar-refractivity contribution in [3.63, 3.8) is 0 Å². The molecule has 6 heteroatoms. The Hall–Kier alpha value is -0.848. The molecule has 0 spiro atoms. The predicted molar refractivity (Wildman–Crippen MR) is 74.2 cm³/mol. The van der Waals surface area contributed by atoms with Crippen LogP contribution >= 0.6 is 0 Å². The summed E-state index contributed by atoms with van der Waals surface area (Å²) >= 11 is 0. The second-order valence-corrected chi connectivity index (χ2v) is 8.94. The molecule has 0 amide bonds. The SMILES string of the molecule is CCCC(F)[Si](C)(C)Oc1ccc(B(O)O)cc1. The fourth-order valence-electron chi connectivity index (χ4n) is 1.68. The van der Waals surface area contributed by atoms with Crippen molar-refractivity contribution in [3.8, 4) is 5.75 Å². The van der Waals surface area contributed by atoms with Crippen LogP contribution in [-0.2, 0) is 0 Å². The van der Waals surface area contributed by atoms with Gasteiger partial charge in [0.25, 0.3) is 8.32 Å². The summed E-state index contributed by atoms with van der Waals surface area (Å²) in [5, 5.41) is 17.9. The van der Waals surface area contributed by atoms with Gasteiger partial charge in [0, 0.05) is 0 Å². The quantitative estimate of drug-likeness (QED) is 0.772. The van der Waals surface area contributed by atoms with Crippen LogP contribution < -0.4 is 9.89 Å².